The summed E-state index contributed by atoms with van der Waals surface area (Å²) in [6.07, 6.45) is 0. The van der Waals surface area contributed by atoms with Crippen LogP contribution in [-0.2, 0) is 10.8 Å². The predicted molar refractivity (Wildman–Crippen MR) is 166 cm³/mol. The molecule has 0 N–H and O–H groups in total. The van der Waals surface area contributed by atoms with Crippen LogP contribution in [0.3, 0.4) is 0 Å². The number of anilines is 3. The van der Waals surface area contributed by atoms with E-state index < -0.39 is 0 Å². The molecule has 0 aliphatic heterocycles. The number of benzene rings is 6. The molecule has 0 aromatic heterocycles. The molecule has 0 heterocycles. The third kappa shape index (κ3) is 2.85. The van der Waals surface area contributed by atoms with Gasteiger partial charge in [0.25, 0.3) is 0 Å². The van der Waals surface area contributed by atoms with Gasteiger partial charge >= 0.3 is 0 Å². The molecule has 0 fully saturated rings. The second-order valence-corrected chi connectivity index (χ2v) is 12.2. The van der Waals surface area contributed by atoms with E-state index in [9.17, 15) is 0 Å². The molecule has 2 aliphatic rings. The van der Waals surface area contributed by atoms with E-state index >= 15 is 0 Å². The lowest BCUT2D eigenvalue weighted by molar-refractivity contribution is 0.645. The molecule has 0 amide bonds. The fourth-order valence-electron chi connectivity index (χ4n) is 7.53. The summed E-state index contributed by atoms with van der Waals surface area (Å²) in [5, 5.41) is 5.45. The molecule has 0 saturated heterocycles. The average molecular weight is 502 g/mol. The van der Waals surface area contributed by atoms with Crippen LogP contribution >= 0.6 is 0 Å². The first-order valence-corrected chi connectivity index (χ1v) is 14.0. The van der Waals surface area contributed by atoms with E-state index in [0.717, 1.165) is 0 Å². The first-order valence-electron chi connectivity index (χ1n) is 14.0. The van der Waals surface area contributed by atoms with Gasteiger partial charge in [0, 0.05) is 27.6 Å². The summed E-state index contributed by atoms with van der Waals surface area (Å²) >= 11 is 0. The lowest BCUT2D eigenvalue weighted by Gasteiger charge is -2.37. The van der Waals surface area contributed by atoms with Gasteiger partial charge in [-0.15, -0.1) is 0 Å². The summed E-state index contributed by atoms with van der Waals surface area (Å²) in [5.41, 5.74) is 12.1. The monoisotopic (exact) mass is 501 g/mol. The molecule has 0 spiro atoms. The molecule has 6 aromatic rings. The molecule has 8 rings (SSSR count). The van der Waals surface area contributed by atoms with Crippen molar-refractivity contribution in [2.45, 2.75) is 38.5 Å². The Balaban J connectivity index is 1.56. The van der Waals surface area contributed by atoms with Crippen LogP contribution in [0.5, 0.6) is 0 Å². The van der Waals surface area contributed by atoms with Gasteiger partial charge in [0.1, 0.15) is 0 Å². The van der Waals surface area contributed by atoms with E-state index in [1.807, 2.05) is 0 Å². The van der Waals surface area contributed by atoms with Crippen molar-refractivity contribution in [3.05, 3.63) is 138 Å². The van der Waals surface area contributed by atoms with Gasteiger partial charge in [0.05, 0.1) is 5.69 Å². The molecule has 0 bridgehead atoms. The fraction of sp³-hybridized carbons (Fsp3) is 0.158. The summed E-state index contributed by atoms with van der Waals surface area (Å²) in [7, 11) is 0. The maximum atomic E-state index is 2.49. The van der Waals surface area contributed by atoms with Crippen molar-refractivity contribution in [1.82, 2.24) is 0 Å². The fourth-order valence-corrected chi connectivity index (χ4v) is 7.53. The number of rotatable bonds is 3. The maximum absolute atomic E-state index is 2.49. The standard InChI is InChI=1S/C38H31N/c1-37(2)30-22-24-14-11-12-19-27(24)36-35(30)34-31(37)23-32(28-20-13-21-29(33(28)34)38(36,3)4)39(25-15-7-5-8-16-25)26-17-9-6-10-18-26/h5-23H,1-4H3. The van der Waals surface area contributed by atoms with E-state index in [2.05, 4.69) is 148 Å². The van der Waals surface area contributed by atoms with Gasteiger partial charge in [-0.2, -0.15) is 0 Å². The van der Waals surface area contributed by atoms with Crippen LogP contribution in [0.2, 0.25) is 0 Å². The molecule has 0 saturated carbocycles. The van der Waals surface area contributed by atoms with Crippen molar-refractivity contribution in [3.63, 3.8) is 0 Å². The van der Waals surface area contributed by atoms with Gasteiger partial charge < -0.3 is 4.90 Å². The second kappa shape index (κ2) is 7.61. The van der Waals surface area contributed by atoms with Crippen LogP contribution < -0.4 is 4.90 Å². The summed E-state index contributed by atoms with van der Waals surface area (Å²) in [4.78, 5) is 2.44. The Hall–Kier alpha value is -4.36. The minimum absolute atomic E-state index is 0.112. The molecule has 188 valence electrons. The highest BCUT2D eigenvalue weighted by Gasteiger charge is 2.46. The first-order chi connectivity index (χ1) is 18.9. The largest absolute Gasteiger partial charge is 0.310 e. The van der Waals surface area contributed by atoms with Gasteiger partial charge in [-0.05, 0) is 85.9 Å². The quantitative estimate of drug-likeness (QED) is 0.233. The highest BCUT2D eigenvalue weighted by Crippen LogP contribution is 2.62. The highest BCUT2D eigenvalue weighted by atomic mass is 15.1. The zero-order valence-electron chi connectivity index (χ0n) is 22.9. The normalized spacial score (nSPS) is 15.6. The van der Waals surface area contributed by atoms with Crippen molar-refractivity contribution in [3.8, 4) is 11.1 Å². The van der Waals surface area contributed by atoms with Gasteiger partial charge in [0.2, 0.25) is 0 Å². The van der Waals surface area contributed by atoms with Crippen molar-refractivity contribution < 1.29 is 0 Å². The van der Waals surface area contributed by atoms with Crippen LogP contribution in [0.25, 0.3) is 32.7 Å². The van der Waals surface area contributed by atoms with Crippen molar-refractivity contribution in [2.24, 2.45) is 0 Å². The maximum Gasteiger partial charge on any atom is 0.0543 e. The van der Waals surface area contributed by atoms with E-state index in [4.69, 9.17) is 0 Å². The van der Waals surface area contributed by atoms with E-state index in [0.29, 0.717) is 0 Å². The summed E-state index contributed by atoms with van der Waals surface area (Å²) < 4.78 is 0. The van der Waals surface area contributed by atoms with Gasteiger partial charge in [0.15, 0.2) is 0 Å². The Labute approximate surface area is 230 Å². The molecule has 0 unspecified atom stereocenters. The third-order valence-corrected chi connectivity index (χ3v) is 9.35. The van der Waals surface area contributed by atoms with Crippen LogP contribution in [0, 0.1) is 0 Å². The first kappa shape index (κ1) is 22.6. The Morgan fingerprint density at radius 1 is 0.487 bits per heavy atom. The molecule has 2 aliphatic carbocycles. The number of hydrogen-bond acceptors (Lipinski definition) is 1. The molecule has 1 nitrogen and oxygen atoms in total. The van der Waals surface area contributed by atoms with Crippen LogP contribution in [-0.4, -0.2) is 0 Å². The molecular weight excluding hydrogens is 470 g/mol. The van der Waals surface area contributed by atoms with E-state index in [1.165, 1.54) is 72.0 Å². The van der Waals surface area contributed by atoms with Gasteiger partial charge in [-0.1, -0.05) is 107 Å². The predicted octanol–water partition coefficient (Wildman–Crippen LogP) is 10.4. The third-order valence-electron chi connectivity index (χ3n) is 9.35. The minimum atomic E-state index is -0.127. The van der Waals surface area contributed by atoms with Crippen molar-refractivity contribution in [2.75, 3.05) is 4.90 Å². The lowest BCUT2D eigenvalue weighted by Crippen LogP contribution is -2.24. The summed E-state index contributed by atoms with van der Waals surface area (Å²) in [6, 6.07) is 42.5. The Kier molecular flexibility index (Phi) is 4.41. The SMILES string of the molecule is CC1(C)c2cc3ccccc3c3c2-c2c1cc(N(c1ccccc1)c1ccccc1)c1cccc(c21)C3(C)C. The number of nitrogens with zero attached hydrogens (tertiary/aromatic N) is 1. The van der Waals surface area contributed by atoms with Crippen LogP contribution in [0.4, 0.5) is 17.1 Å². The van der Waals surface area contributed by atoms with Crippen molar-refractivity contribution in [1.29, 1.82) is 0 Å². The minimum Gasteiger partial charge on any atom is -0.310 e. The topological polar surface area (TPSA) is 3.24 Å². The smallest absolute Gasteiger partial charge is 0.0543 e. The van der Waals surface area contributed by atoms with Gasteiger partial charge in [-0.25, -0.2) is 0 Å². The Morgan fingerprint density at radius 3 is 1.77 bits per heavy atom. The molecule has 1 heteroatoms. The zero-order valence-corrected chi connectivity index (χ0v) is 22.9. The summed E-state index contributed by atoms with van der Waals surface area (Å²) in [5.74, 6) is 0. The number of fused-ring (bicyclic) bond motifs is 2. The molecular formula is C38H31N. The van der Waals surface area contributed by atoms with E-state index in [1.54, 1.807) is 0 Å². The van der Waals surface area contributed by atoms with Crippen LogP contribution in [0.15, 0.2) is 115 Å². The zero-order chi connectivity index (χ0) is 26.5. The molecule has 0 atom stereocenters. The lowest BCUT2D eigenvalue weighted by atomic mass is 9.67. The van der Waals surface area contributed by atoms with E-state index in [-0.39, 0.29) is 10.8 Å². The molecule has 0 radical (unpaired) electrons. The summed E-state index contributed by atoms with van der Waals surface area (Å²) in [6.45, 7) is 9.69. The van der Waals surface area contributed by atoms with Gasteiger partial charge in [-0.3, -0.25) is 0 Å². The Morgan fingerprint density at radius 2 is 1.08 bits per heavy atom. The van der Waals surface area contributed by atoms with Crippen LogP contribution in [0.1, 0.15) is 49.9 Å². The number of hydrogen-bond donors (Lipinski definition) is 0. The average Bonchev–Trinajstić information content (AvgIpc) is 3.18. The Bertz CT molecular complexity index is 1910. The number of para-hydroxylation sites is 2. The van der Waals surface area contributed by atoms with Crippen molar-refractivity contribution >= 4 is 38.6 Å². The molecule has 39 heavy (non-hydrogen) atoms. The molecule has 6 aromatic carbocycles. The second-order valence-electron chi connectivity index (χ2n) is 12.2. The highest BCUT2D eigenvalue weighted by molar-refractivity contribution is 6.16.